The van der Waals surface area contributed by atoms with Crippen molar-refractivity contribution < 1.29 is 48.1 Å². The number of nitro groups is 1. The number of ether oxygens (including phenoxy) is 4. The Balaban J connectivity index is 1.33. The number of nitrogens with zero attached hydrogens (tertiary/aromatic N) is 3. The molecule has 0 spiro atoms. The lowest BCUT2D eigenvalue weighted by molar-refractivity contribution is -0.384. The van der Waals surface area contributed by atoms with Gasteiger partial charge in [-0.25, -0.2) is 9.18 Å². The molecule has 1 amide bonds. The predicted octanol–water partition coefficient (Wildman–Crippen LogP) is 11.0. The zero-order valence-electron chi connectivity index (χ0n) is 38.9. The third-order valence-corrected chi connectivity index (χ3v) is 13.6. The highest BCUT2D eigenvalue weighted by molar-refractivity contribution is 6.03. The van der Waals surface area contributed by atoms with Crippen LogP contribution in [0.2, 0.25) is 0 Å². The van der Waals surface area contributed by atoms with Gasteiger partial charge < -0.3 is 34.0 Å². The van der Waals surface area contributed by atoms with Crippen LogP contribution >= 0.6 is 0 Å². The number of halogens is 1. The summed E-state index contributed by atoms with van der Waals surface area (Å²) >= 11 is 0. The van der Waals surface area contributed by atoms with E-state index in [9.17, 15) is 29.5 Å². The first kappa shape index (κ1) is 48.8. The number of carbonyl (C=O) groups is 1. The van der Waals surface area contributed by atoms with E-state index in [1.54, 1.807) is 54.3 Å². The summed E-state index contributed by atoms with van der Waals surface area (Å²) in [6.07, 6.45) is 7.61. The molecule has 2 aliphatic carbocycles. The fraction of sp³-hybridized carbons (Fsp3) is 0.382. The number of carbonyl (C=O) groups excluding carboxylic acids is 1. The quantitative estimate of drug-likeness (QED) is 0.0296. The van der Waals surface area contributed by atoms with Crippen molar-refractivity contribution in [2.45, 2.75) is 89.4 Å². The van der Waals surface area contributed by atoms with Crippen molar-refractivity contribution in [1.82, 2.24) is 4.90 Å². The summed E-state index contributed by atoms with van der Waals surface area (Å²) in [5, 5.41) is 38.4. The van der Waals surface area contributed by atoms with Gasteiger partial charge in [0.05, 0.1) is 36.3 Å². The Labute approximate surface area is 401 Å². The minimum atomic E-state index is -1.56. The molecule has 2 N–H and O–H groups in total. The van der Waals surface area contributed by atoms with Gasteiger partial charge in [0.1, 0.15) is 36.6 Å². The standard InChI is InChI=1S/C55H60FN3O10/c1-3-30-67-55-51(58(54(62)65-4-2)34-40-18-13-17-38-14-5-7-19-44(38)40)33-49(57-68-35-37-22-24-42(25-23-37)59(63)64)46-31-39(15-9-11-28-60)45(20-10-12-29-61)52(53(46)55)47-32-43(26-27-50(47)69-55)66-36-41-16-6-8-21-48(41)56/h3,5-8,13-14,16-19,21-27,31-32,39,45,51-53,60-61H,1,4,9-12,15,20,28-30,33-36H2,2H3/t39-,45+,51-,52+,53+,55+/m0/s1. The summed E-state index contributed by atoms with van der Waals surface area (Å²) in [5.41, 5.74) is 4.16. The number of aliphatic hydroxyl groups excluding tert-OH is 2. The third-order valence-electron chi connectivity index (χ3n) is 13.6. The number of allylic oxidation sites excluding steroid dienone is 1. The lowest BCUT2D eigenvalue weighted by atomic mass is 9.55. The molecule has 5 aromatic rings. The van der Waals surface area contributed by atoms with Gasteiger partial charge in [-0.2, -0.15) is 0 Å². The number of unbranched alkanes of at least 4 members (excludes halogenated alkanes) is 2. The van der Waals surface area contributed by atoms with Crippen molar-refractivity contribution in [2.24, 2.45) is 22.9 Å². The molecule has 69 heavy (non-hydrogen) atoms. The lowest BCUT2D eigenvalue weighted by Gasteiger charge is -2.59. The highest BCUT2D eigenvalue weighted by atomic mass is 19.1. The van der Waals surface area contributed by atoms with E-state index >= 15 is 0 Å². The van der Waals surface area contributed by atoms with Crippen LogP contribution in [0.25, 0.3) is 10.8 Å². The van der Waals surface area contributed by atoms with Gasteiger partial charge in [0.2, 0.25) is 5.79 Å². The van der Waals surface area contributed by atoms with E-state index in [0.29, 0.717) is 41.2 Å². The summed E-state index contributed by atoms with van der Waals surface area (Å²) in [4.78, 5) is 33.7. The molecule has 3 aliphatic rings. The van der Waals surface area contributed by atoms with Crippen LogP contribution in [-0.2, 0) is 34.1 Å². The van der Waals surface area contributed by atoms with E-state index < -0.39 is 28.8 Å². The van der Waals surface area contributed by atoms with E-state index in [0.717, 1.165) is 53.2 Å². The van der Waals surface area contributed by atoms with E-state index in [-0.39, 0.29) is 81.9 Å². The molecule has 1 aliphatic heterocycles. The average Bonchev–Trinajstić information content (AvgIpc) is 3.36. The first-order valence-electron chi connectivity index (χ1n) is 23.9. The van der Waals surface area contributed by atoms with Crippen LogP contribution < -0.4 is 9.47 Å². The summed E-state index contributed by atoms with van der Waals surface area (Å²) in [7, 11) is 0. The Hall–Kier alpha value is -6.61. The van der Waals surface area contributed by atoms with Crippen LogP contribution in [0.1, 0.15) is 80.0 Å². The number of amides is 1. The van der Waals surface area contributed by atoms with Crippen molar-refractivity contribution in [3.8, 4) is 11.5 Å². The van der Waals surface area contributed by atoms with E-state index in [1.165, 1.54) is 18.2 Å². The molecule has 362 valence electrons. The Morgan fingerprint density at radius 1 is 0.942 bits per heavy atom. The molecule has 1 heterocycles. The molecule has 0 radical (unpaired) electrons. The number of aliphatic hydroxyl groups is 2. The molecule has 6 atom stereocenters. The largest absolute Gasteiger partial charge is 0.489 e. The molecular formula is C55H60FN3O10. The van der Waals surface area contributed by atoms with Crippen molar-refractivity contribution >= 4 is 28.3 Å². The highest BCUT2D eigenvalue weighted by Gasteiger charge is 2.65. The van der Waals surface area contributed by atoms with E-state index in [4.69, 9.17) is 28.9 Å². The molecule has 5 aromatic carbocycles. The molecule has 13 nitrogen and oxygen atoms in total. The van der Waals surface area contributed by atoms with Crippen molar-refractivity contribution in [1.29, 1.82) is 0 Å². The van der Waals surface area contributed by atoms with E-state index in [2.05, 4.69) is 12.7 Å². The van der Waals surface area contributed by atoms with Crippen LogP contribution in [0.4, 0.5) is 14.9 Å². The molecule has 0 unspecified atom stereocenters. The molecule has 1 saturated carbocycles. The van der Waals surface area contributed by atoms with Crippen LogP contribution in [0.3, 0.4) is 0 Å². The Bertz CT molecular complexity index is 2650. The Morgan fingerprint density at radius 3 is 2.43 bits per heavy atom. The minimum absolute atomic E-state index is 0.00465. The normalized spacial score (nSPS) is 21.9. The second-order valence-electron chi connectivity index (χ2n) is 17.8. The molecule has 0 saturated heterocycles. The second-order valence-corrected chi connectivity index (χ2v) is 17.8. The maximum absolute atomic E-state index is 14.9. The monoisotopic (exact) mass is 941 g/mol. The van der Waals surface area contributed by atoms with Crippen LogP contribution in [0, 0.1) is 33.7 Å². The van der Waals surface area contributed by atoms with Crippen LogP contribution in [-0.4, -0.2) is 70.1 Å². The SMILES string of the molecule is C=CCO[C@@]12Oc3ccc(OCc4ccccc4F)cc3[C@H]3[C@H](CCCCO)[C@@H](CCCCO)C=C(C(=NOCc4ccc([N+](=O)[O-])cc4)C[C@@H]1N(Cc1cccc4ccccc14)C(=O)OCC)[C@H]32. The molecule has 14 heteroatoms. The number of hydrogen-bond donors (Lipinski definition) is 2. The average molecular weight is 942 g/mol. The number of oxime groups is 1. The summed E-state index contributed by atoms with van der Waals surface area (Å²) in [6.45, 7) is 6.20. The fourth-order valence-corrected chi connectivity index (χ4v) is 10.5. The van der Waals surface area contributed by atoms with Gasteiger partial charge in [0.25, 0.3) is 5.69 Å². The maximum Gasteiger partial charge on any atom is 0.410 e. The van der Waals surface area contributed by atoms with Crippen molar-refractivity contribution in [3.63, 3.8) is 0 Å². The lowest BCUT2D eigenvalue weighted by Crippen LogP contribution is -2.70. The van der Waals surface area contributed by atoms with Crippen LogP contribution in [0.15, 0.2) is 139 Å². The van der Waals surface area contributed by atoms with Gasteiger partial charge in [-0.15, -0.1) is 6.58 Å². The fourth-order valence-electron chi connectivity index (χ4n) is 10.5. The van der Waals surface area contributed by atoms with Crippen LogP contribution in [0.5, 0.6) is 11.5 Å². The van der Waals surface area contributed by atoms with Gasteiger partial charge in [-0.1, -0.05) is 90.8 Å². The number of nitro benzene ring substituents is 1. The zero-order valence-corrected chi connectivity index (χ0v) is 38.9. The van der Waals surface area contributed by atoms with Crippen molar-refractivity contribution in [2.75, 3.05) is 26.4 Å². The third kappa shape index (κ3) is 10.7. The second kappa shape index (κ2) is 22.7. The number of non-ortho nitro benzene ring substituents is 1. The number of rotatable bonds is 22. The highest BCUT2D eigenvalue weighted by Crippen LogP contribution is 2.62. The van der Waals surface area contributed by atoms with Gasteiger partial charge in [-0.3, -0.25) is 15.0 Å². The molecule has 1 fully saturated rings. The van der Waals surface area contributed by atoms with Gasteiger partial charge in [0.15, 0.2) is 0 Å². The molecule has 8 rings (SSSR count). The van der Waals surface area contributed by atoms with Gasteiger partial charge in [-0.05, 0) is 108 Å². The summed E-state index contributed by atoms with van der Waals surface area (Å²) < 4.78 is 41.7. The summed E-state index contributed by atoms with van der Waals surface area (Å²) in [6, 6.07) is 31.4. The maximum atomic E-state index is 14.9. The topological polar surface area (TPSA) is 162 Å². The van der Waals surface area contributed by atoms with E-state index in [1.807, 2.05) is 54.6 Å². The van der Waals surface area contributed by atoms with Gasteiger partial charge >= 0.3 is 6.09 Å². The smallest absolute Gasteiger partial charge is 0.410 e. The number of hydrogen-bond acceptors (Lipinski definition) is 11. The number of benzene rings is 5. The molecular weight excluding hydrogens is 882 g/mol. The Kier molecular flexibility index (Phi) is 16.0. The predicted molar refractivity (Wildman–Crippen MR) is 260 cm³/mol. The zero-order chi connectivity index (χ0) is 48.3. The Morgan fingerprint density at radius 2 is 1.68 bits per heavy atom. The number of fused-ring (bicyclic) bond motifs is 3. The summed E-state index contributed by atoms with van der Waals surface area (Å²) in [5.74, 6) is -1.95. The molecule has 0 bridgehead atoms. The van der Waals surface area contributed by atoms with Gasteiger partial charge in [0, 0.05) is 48.8 Å². The van der Waals surface area contributed by atoms with Crippen molar-refractivity contribution in [3.05, 3.63) is 172 Å². The minimum Gasteiger partial charge on any atom is -0.489 e. The first-order valence-corrected chi connectivity index (χ1v) is 23.9. The first-order chi connectivity index (χ1) is 33.7. The molecule has 0 aromatic heterocycles.